The van der Waals surface area contributed by atoms with Crippen molar-refractivity contribution in [2.75, 3.05) is 11.9 Å². The Balaban J connectivity index is 2.07. The molecule has 15 heavy (non-hydrogen) atoms. The van der Waals surface area contributed by atoms with Crippen molar-refractivity contribution in [1.82, 2.24) is 10.2 Å². The van der Waals surface area contributed by atoms with Crippen LogP contribution >= 0.6 is 15.9 Å². The highest BCUT2D eigenvalue weighted by atomic mass is 79.9. The highest BCUT2D eigenvalue weighted by molar-refractivity contribution is 9.10. The molecule has 1 atom stereocenters. The third-order valence-electron chi connectivity index (χ3n) is 2.53. The second kappa shape index (κ2) is 3.94. The molecule has 0 spiro atoms. The fraction of sp³-hybridized carbons (Fsp3) is 0.556. The minimum Gasteiger partial charge on any atom is -0.365 e. The number of ether oxygens (including phenoxy) is 1. The number of anilines is 1. The van der Waals surface area contributed by atoms with Crippen molar-refractivity contribution in [1.29, 1.82) is 0 Å². The Hall–Kier alpha value is -0.880. The highest BCUT2D eigenvalue weighted by Gasteiger charge is 2.38. The van der Waals surface area contributed by atoms with Crippen molar-refractivity contribution >= 4 is 27.7 Å². The maximum absolute atomic E-state index is 11.9. The van der Waals surface area contributed by atoms with Crippen LogP contribution in [0.15, 0.2) is 10.7 Å². The highest BCUT2D eigenvalue weighted by Crippen LogP contribution is 2.27. The van der Waals surface area contributed by atoms with Crippen LogP contribution in [-0.4, -0.2) is 28.3 Å². The van der Waals surface area contributed by atoms with E-state index in [0.29, 0.717) is 12.4 Å². The molecule has 0 radical (unpaired) electrons. The number of hydrogen-bond donors (Lipinski definition) is 2. The summed E-state index contributed by atoms with van der Waals surface area (Å²) in [5.74, 6) is 0.432. The lowest BCUT2D eigenvalue weighted by Crippen LogP contribution is -2.39. The number of aromatic amines is 1. The van der Waals surface area contributed by atoms with Crippen LogP contribution in [0.3, 0.4) is 0 Å². The number of H-pyrrole nitrogens is 1. The Labute approximate surface area is 95.7 Å². The van der Waals surface area contributed by atoms with Gasteiger partial charge in [-0.1, -0.05) is 0 Å². The second-order valence-electron chi connectivity index (χ2n) is 3.73. The van der Waals surface area contributed by atoms with Crippen molar-refractivity contribution in [2.45, 2.75) is 25.4 Å². The van der Waals surface area contributed by atoms with Crippen molar-refractivity contribution in [3.05, 3.63) is 10.7 Å². The summed E-state index contributed by atoms with van der Waals surface area (Å²) in [6.07, 6.45) is 3.27. The number of carbonyl (C=O) groups excluding carboxylic acids is 1. The van der Waals surface area contributed by atoms with Gasteiger partial charge >= 0.3 is 0 Å². The molecule has 1 aliphatic rings. The monoisotopic (exact) mass is 273 g/mol. The number of aromatic nitrogens is 2. The molecule has 0 saturated carbocycles. The SMILES string of the molecule is C[C@@]1(C(=O)Nc2[nH]ncc2Br)CCCO1. The quantitative estimate of drug-likeness (QED) is 0.862. The summed E-state index contributed by atoms with van der Waals surface area (Å²) >= 11 is 3.27. The molecule has 1 saturated heterocycles. The van der Waals surface area contributed by atoms with Gasteiger partial charge in [0.2, 0.25) is 0 Å². The normalized spacial score (nSPS) is 25.5. The Morgan fingerprint density at radius 3 is 3.13 bits per heavy atom. The van der Waals surface area contributed by atoms with Gasteiger partial charge in [-0.2, -0.15) is 5.10 Å². The van der Waals surface area contributed by atoms with Crippen LogP contribution in [0.1, 0.15) is 19.8 Å². The molecule has 82 valence electrons. The molecule has 0 unspecified atom stereocenters. The molecule has 2 rings (SSSR count). The lowest BCUT2D eigenvalue weighted by molar-refractivity contribution is -0.133. The summed E-state index contributed by atoms with van der Waals surface area (Å²) in [6, 6.07) is 0. The molecule has 0 aromatic carbocycles. The summed E-state index contributed by atoms with van der Waals surface area (Å²) in [5, 5.41) is 9.23. The molecule has 1 aromatic rings. The predicted molar refractivity (Wildman–Crippen MR) is 58.5 cm³/mol. The molecular formula is C9H12BrN3O2. The standard InChI is InChI=1S/C9H12BrN3O2/c1-9(3-2-4-15-9)8(14)12-7-6(10)5-11-13-7/h5H,2-4H2,1H3,(H2,11,12,13,14)/t9-/m0/s1. The maximum atomic E-state index is 11.9. The molecular weight excluding hydrogens is 262 g/mol. The van der Waals surface area contributed by atoms with E-state index in [0.717, 1.165) is 17.3 Å². The average molecular weight is 274 g/mol. The molecule has 5 nitrogen and oxygen atoms in total. The van der Waals surface area contributed by atoms with Crippen LogP contribution in [0.25, 0.3) is 0 Å². The van der Waals surface area contributed by atoms with Crippen molar-refractivity contribution in [3.8, 4) is 0 Å². The van der Waals surface area contributed by atoms with E-state index in [4.69, 9.17) is 4.74 Å². The van der Waals surface area contributed by atoms with Crippen LogP contribution in [0.5, 0.6) is 0 Å². The first-order valence-electron chi connectivity index (χ1n) is 4.76. The van der Waals surface area contributed by atoms with Gasteiger partial charge in [0, 0.05) is 6.61 Å². The van der Waals surface area contributed by atoms with E-state index in [2.05, 4.69) is 31.4 Å². The Morgan fingerprint density at radius 1 is 1.80 bits per heavy atom. The van der Waals surface area contributed by atoms with E-state index in [1.165, 1.54) is 0 Å². The largest absolute Gasteiger partial charge is 0.365 e. The number of nitrogens with one attached hydrogen (secondary N) is 2. The van der Waals surface area contributed by atoms with E-state index in [1.54, 1.807) is 13.1 Å². The average Bonchev–Trinajstić information content (AvgIpc) is 2.78. The third kappa shape index (κ3) is 2.05. The van der Waals surface area contributed by atoms with Crippen LogP contribution in [0.4, 0.5) is 5.82 Å². The summed E-state index contributed by atoms with van der Waals surface area (Å²) in [6.45, 7) is 2.45. The van der Waals surface area contributed by atoms with Crippen molar-refractivity contribution < 1.29 is 9.53 Å². The van der Waals surface area contributed by atoms with E-state index in [-0.39, 0.29) is 5.91 Å². The fourth-order valence-electron chi connectivity index (χ4n) is 1.56. The molecule has 1 aromatic heterocycles. The minimum absolute atomic E-state index is 0.134. The number of amides is 1. The lowest BCUT2D eigenvalue weighted by Gasteiger charge is -2.21. The van der Waals surface area contributed by atoms with Gasteiger partial charge in [0.05, 0.1) is 10.7 Å². The number of hydrogen-bond acceptors (Lipinski definition) is 3. The molecule has 0 aliphatic carbocycles. The maximum Gasteiger partial charge on any atom is 0.257 e. The predicted octanol–water partition coefficient (Wildman–Crippen LogP) is 1.68. The minimum atomic E-state index is -0.704. The Bertz CT molecular complexity index is 371. The number of rotatable bonds is 2. The van der Waals surface area contributed by atoms with E-state index in [1.807, 2.05) is 0 Å². The Kier molecular flexibility index (Phi) is 2.79. The fourth-order valence-corrected chi connectivity index (χ4v) is 1.85. The number of carbonyl (C=O) groups is 1. The Morgan fingerprint density at radius 2 is 2.60 bits per heavy atom. The molecule has 6 heteroatoms. The zero-order chi connectivity index (χ0) is 10.9. The summed E-state index contributed by atoms with van der Waals surface area (Å²) in [5.41, 5.74) is -0.704. The van der Waals surface area contributed by atoms with Crippen LogP contribution < -0.4 is 5.32 Å². The topological polar surface area (TPSA) is 67.0 Å². The summed E-state index contributed by atoms with van der Waals surface area (Å²) in [7, 11) is 0. The smallest absolute Gasteiger partial charge is 0.257 e. The van der Waals surface area contributed by atoms with Gasteiger partial charge in [-0.25, -0.2) is 0 Å². The van der Waals surface area contributed by atoms with Crippen LogP contribution in [-0.2, 0) is 9.53 Å². The van der Waals surface area contributed by atoms with E-state index in [9.17, 15) is 4.79 Å². The van der Waals surface area contributed by atoms with E-state index < -0.39 is 5.60 Å². The van der Waals surface area contributed by atoms with Gasteiger partial charge < -0.3 is 10.1 Å². The first-order chi connectivity index (χ1) is 7.12. The molecule has 2 N–H and O–H groups in total. The van der Waals surface area contributed by atoms with Gasteiger partial charge in [0.1, 0.15) is 11.4 Å². The molecule has 1 amide bonds. The molecule has 1 fully saturated rings. The van der Waals surface area contributed by atoms with Gasteiger partial charge in [-0.15, -0.1) is 0 Å². The summed E-state index contributed by atoms with van der Waals surface area (Å²) in [4.78, 5) is 11.9. The van der Waals surface area contributed by atoms with Crippen molar-refractivity contribution in [3.63, 3.8) is 0 Å². The molecule has 2 heterocycles. The molecule has 1 aliphatic heterocycles. The van der Waals surface area contributed by atoms with Gasteiger partial charge in [-0.05, 0) is 35.7 Å². The third-order valence-corrected chi connectivity index (χ3v) is 3.13. The summed E-state index contributed by atoms with van der Waals surface area (Å²) < 4.78 is 6.16. The zero-order valence-electron chi connectivity index (χ0n) is 8.34. The van der Waals surface area contributed by atoms with Crippen molar-refractivity contribution in [2.24, 2.45) is 0 Å². The van der Waals surface area contributed by atoms with Crippen LogP contribution in [0.2, 0.25) is 0 Å². The van der Waals surface area contributed by atoms with E-state index >= 15 is 0 Å². The number of halogens is 1. The first-order valence-corrected chi connectivity index (χ1v) is 5.55. The van der Waals surface area contributed by atoms with Gasteiger partial charge in [0.25, 0.3) is 5.91 Å². The van der Waals surface area contributed by atoms with Gasteiger partial charge in [0.15, 0.2) is 0 Å². The first kappa shape index (κ1) is 10.6. The lowest BCUT2D eigenvalue weighted by atomic mass is 10.0. The number of nitrogens with zero attached hydrogens (tertiary/aromatic N) is 1. The van der Waals surface area contributed by atoms with Crippen LogP contribution in [0, 0.1) is 0 Å². The zero-order valence-corrected chi connectivity index (χ0v) is 9.93. The molecule has 0 bridgehead atoms. The second-order valence-corrected chi connectivity index (χ2v) is 4.58. The van der Waals surface area contributed by atoms with Gasteiger partial charge in [-0.3, -0.25) is 9.89 Å².